The number of likely N-dealkylation sites (N-methyl/N-ethyl adjacent to an activating group) is 1. The quantitative estimate of drug-likeness (QED) is 0.833. The van der Waals surface area contributed by atoms with Crippen molar-refractivity contribution in [2.75, 3.05) is 25.0 Å². The molecule has 1 amide bonds. The van der Waals surface area contributed by atoms with Crippen molar-refractivity contribution in [2.45, 2.75) is 19.3 Å². The Morgan fingerprint density at radius 1 is 1.48 bits per heavy atom. The van der Waals surface area contributed by atoms with Crippen LogP contribution in [0.3, 0.4) is 0 Å². The van der Waals surface area contributed by atoms with Crippen molar-refractivity contribution < 1.29 is 14.7 Å². The topological polar surface area (TPSA) is 82.5 Å². The SMILES string of the molecule is CN(CC(=O)NCC1(C(=O)O)CCC1)c1ccc(Cl)cn1. The van der Waals surface area contributed by atoms with Crippen molar-refractivity contribution >= 4 is 29.3 Å². The molecule has 0 aromatic carbocycles. The van der Waals surface area contributed by atoms with Crippen molar-refractivity contribution in [1.29, 1.82) is 0 Å². The zero-order valence-electron chi connectivity index (χ0n) is 11.8. The van der Waals surface area contributed by atoms with Gasteiger partial charge in [0.25, 0.3) is 0 Å². The molecule has 0 spiro atoms. The van der Waals surface area contributed by atoms with E-state index in [1.54, 1.807) is 24.1 Å². The maximum Gasteiger partial charge on any atom is 0.311 e. The van der Waals surface area contributed by atoms with Crippen LogP contribution in [-0.4, -0.2) is 42.1 Å². The number of carboxylic acids is 1. The third-order valence-electron chi connectivity index (χ3n) is 3.87. The Morgan fingerprint density at radius 2 is 2.19 bits per heavy atom. The highest BCUT2D eigenvalue weighted by Gasteiger charge is 2.44. The van der Waals surface area contributed by atoms with Crippen LogP contribution in [0.25, 0.3) is 0 Å². The first-order valence-corrected chi connectivity index (χ1v) is 7.13. The zero-order valence-corrected chi connectivity index (χ0v) is 12.6. The lowest BCUT2D eigenvalue weighted by Crippen LogP contribution is -2.49. The maximum absolute atomic E-state index is 11.9. The minimum Gasteiger partial charge on any atom is -0.481 e. The third kappa shape index (κ3) is 3.64. The van der Waals surface area contributed by atoms with E-state index in [-0.39, 0.29) is 19.0 Å². The number of rotatable bonds is 6. The molecule has 7 heteroatoms. The molecule has 0 bridgehead atoms. The average Bonchev–Trinajstić information content (AvgIpc) is 2.37. The van der Waals surface area contributed by atoms with Crippen molar-refractivity contribution in [3.05, 3.63) is 23.4 Å². The number of carbonyl (C=O) groups excluding carboxylic acids is 1. The van der Waals surface area contributed by atoms with Gasteiger partial charge in [0.15, 0.2) is 0 Å². The highest BCUT2D eigenvalue weighted by atomic mass is 35.5. The van der Waals surface area contributed by atoms with Crippen LogP contribution in [0.2, 0.25) is 5.02 Å². The second-order valence-electron chi connectivity index (χ2n) is 5.41. The van der Waals surface area contributed by atoms with E-state index in [0.717, 1.165) is 6.42 Å². The van der Waals surface area contributed by atoms with E-state index >= 15 is 0 Å². The minimum absolute atomic E-state index is 0.115. The van der Waals surface area contributed by atoms with E-state index in [9.17, 15) is 14.7 Å². The van der Waals surface area contributed by atoms with Gasteiger partial charge in [-0.3, -0.25) is 9.59 Å². The average molecular weight is 312 g/mol. The van der Waals surface area contributed by atoms with E-state index in [1.807, 2.05) is 0 Å². The van der Waals surface area contributed by atoms with Gasteiger partial charge in [-0.2, -0.15) is 0 Å². The minimum atomic E-state index is -0.832. The van der Waals surface area contributed by atoms with Crippen LogP contribution in [0.1, 0.15) is 19.3 Å². The summed E-state index contributed by atoms with van der Waals surface area (Å²) in [5, 5.41) is 12.4. The highest BCUT2D eigenvalue weighted by Crippen LogP contribution is 2.40. The number of nitrogens with zero attached hydrogens (tertiary/aromatic N) is 2. The number of carboxylic acid groups (broad SMARTS) is 1. The second-order valence-corrected chi connectivity index (χ2v) is 5.84. The van der Waals surface area contributed by atoms with Crippen molar-refractivity contribution in [2.24, 2.45) is 5.41 Å². The summed E-state index contributed by atoms with van der Waals surface area (Å²) in [7, 11) is 1.74. The van der Waals surface area contributed by atoms with Gasteiger partial charge in [0, 0.05) is 19.8 Å². The van der Waals surface area contributed by atoms with Crippen molar-refractivity contribution in [1.82, 2.24) is 10.3 Å². The van der Waals surface area contributed by atoms with Gasteiger partial charge >= 0.3 is 5.97 Å². The molecule has 6 nitrogen and oxygen atoms in total. The molecule has 21 heavy (non-hydrogen) atoms. The standard InChI is InChI=1S/C14H18ClN3O3/c1-18(11-4-3-10(15)7-16-11)8-12(19)17-9-14(13(20)21)5-2-6-14/h3-4,7H,2,5-6,8-9H2,1H3,(H,17,19)(H,20,21). The summed E-state index contributed by atoms with van der Waals surface area (Å²) in [4.78, 5) is 28.9. The van der Waals surface area contributed by atoms with Crippen LogP contribution >= 0.6 is 11.6 Å². The molecule has 1 aromatic heterocycles. The first kappa shape index (κ1) is 15.6. The molecular formula is C14H18ClN3O3. The lowest BCUT2D eigenvalue weighted by Gasteiger charge is -2.37. The summed E-state index contributed by atoms with van der Waals surface area (Å²) >= 11 is 5.76. The van der Waals surface area contributed by atoms with E-state index < -0.39 is 11.4 Å². The number of nitrogens with one attached hydrogen (secondary N) is 1. The first-order chi connectivity index (χ1) is 9.93. The van der Waals surface area contributed by atoms with Gasteiger partial charge in [0.2, 0.25) is 5.91 Å². The number of hydrogen-bond donors (Lipinski definition) is 2. The summed E-state index contributed by atoms with van der Waals surface area (Å²) in [6.45, 7) is 0.299. The lowest BCUT2D eigenvalue weighted by atomic mass is 9.69. The van der Waals surface area contributed by atoms with Crippen molar-refractivity contribution in [3.8, 4) is 0 Å². The molecule has 1 aliphatic carbocycles. The van der Waals surface area contributed by atoms with Crippen LogP contribution in [0.15, 0.2) is 18.3 Å². The summed E-state index contributed by atoms with van der Waals surface area (Å²) in [6.07, 6.45) is 3.66. The summed E-state index contributed by atoms with van der Waals surface area (Å²) in [5.74, 6) is -0.422. The molecular weight excluding hydrogens is 294 g/mol. The number of anilines is 1. The number of aromatic nitrogens is 1. The molecule has 1 aliphatic rings. The molecule has 2 rings (SSSR count). The number of halogens is 1. The molecule has 1 heterocycles. The number of hydrogen-bond acceptors (Lipinski definition) is 4. The second kappa shape index (κ2) is 6.30. The van der Waals surface area contributed by atoms with Gasteiger partial charge in [0.05, 0.1) is 17.0 Å². The van der Waals surface area contributed by atoms with Crippen LogP contribution in [0.4, 0.5) is 5.82 Å². The van der Waals surface area contributed by atoms with Crippen LogP contribution in [0.5, 0.6) is 0 Å². The van der Waals surface area contributed by atoms with Crippen LogP contribution in [-0.2, 0) is 9.59 Å². The van der Waals surface area contributed by atoms with E-state index in [2.05, 4.69) is 10.3 Å². The Bertz CT molecular complexity index is 529. The zero-order chi connectivity index (χ0) is 15.5. The Hall–Kier alpha value is -1.82. The lowest BCUT2D eigenvalue weighted by molar-refractivity contribution is -0.154. The Balaban J connectivity index is 1.84. The third-order valence-corrected chi connectivity index (χ3v) is 4.10. The smallest absolute Gasteiger partial charge is 0.311 e. The molecule has 1 fully saturated rings. The molecule has 0 aliphatic heterocycles. The summed E-state index contributed by atoms with van der Waals surface area (Å²) in [5.41, 5.74) is -0.771. The molecule has 0 atom stereocenters. The van der Waals surface area contributed by atoms with Gasteiger partial charge in [-0.1, -0.05) is 18.0 Å². The molecule has 1 aromatic rings. The number of amides is 1. The fraction of sp³-hybridized carbons (Fsp3) is 0.500. The van der Waals surface area contributed by atoms with E-state index in [0.29, 0.717) is 23.7 Å². The molecule has 0 unspecified atom stereocenters. The van der Waals surface area contributed by atoms with E-state index in [1.165, 1.54) is 6.20 Å². The Morgan fingerprint density at radius 3 is 2.67 bits per heavy atom. The number of carbonyl (C=O) groups is 2. The van der Waals surface area contributed by atoms with Crippen molar-refractivity contribution in [3.63, 3.8) is 0 Å². The van der Waals surface area contributed by atoms with Gasteiger partial charge < -0.3 is 15.3 Å². The fourth-order valence-corrected chi connectivity index (χ4v) is 2.40. The predicted octanol–water partition coefficient (Wildman–Crippen LogP) is 1.54. The molecule has 0 saturated heterocycles. The maximum atomic E-state index is 11.9. The van der Waals surface area contributed by atoms with Crippen LogP contribution in [0, 0.1) is 5.41 Å². The van der Waals surface area contributed by atoms with E-state index in [4.69, 9.17) is 11.6 Å². The molecule has 1 saturated carbocycles. The first-order valence-electron chi connectivity index (χ1n) is 6.76. The summed E-state index contributed by atoms with van der Waals surface area (Å²) < 4.78 is 0. The van der Waals surface area contributed by atoms with Crippen LogP contribution < -0.4 is 10.2 Å². The largest absolute Gasteiger partial charge is 0.481 e. The predicted molar refractivity (Wildman–Crippen MR) is 79.4 cm³/mol. The molecule has 0 radical (unpaired) electrons. The fourth-order valence-electron chi connectivity index (χ4n) is 2.28. The number of pyridine rings is 1. The number of aliphatic carboxylic acids is 1. The highest BCUT2D eigenvalue weighted by molar-refractivity contribution is 6.30. The Kier molecular flexibility index (Phi) is 4.67. The van der Waals surface area contributed by atoms with Gasteiger partial charge in [-0.05, 0) is 25.0 Å². The molecule has 114 valence electrons. The van der Waals surface area contributed by atoms with Gasteiger partial charge in [-0.25, -0.2) is 4.98 Å². The molecule has 2 N–H and O–H groups in total. The van der Waals surface area contributed by atoms with Gasteiger partial charge in [0.1, 0.15) is 5.82 Å². The summed E-state index contributed by atoms with van der Waals surface area (Å²) in [6, 6.07) is 3.42. The monoisotopic (exact) mass is 311 g/mol. The Labute approximate surface area is 128 Å². The van der Waals surface area contributed by atoms with Gasteiger partial charge in [-0.15, -0.1) is 0 Å². The normalized spacial score (nSPS) is 15.9.